The molecule has 29 heavy (non-hydrogen) atoms. The number of nitrogens with two attached hydrogens (primary N) is 1. The normalized spacial score (nSPS) is 10.8. The minimum atomic E-state index is -0.535. The molecule has 2 amide bonds. The van der Waals surface area contributed by atoms with Gasteiger partial charge in [-0.3, -0.25) is 9.59 Å². The first-order chi connectivity index (χ1) is 14.0. The summed E-state index contributed by atoms with van der Waals surface area (Å²) >= 11 is 0. The van der Waals surface area contributed by atoms with Gasteiger partial charge in [0.05, 0.1) is 12.8 Å². The molecule has 1 aromatic heterocycles. The molecule has 0 spiro atoms. The van der Waals surface area contributed by atoms with E-state index in [2.05, 4.69) is 0 Å². The predicted molar refractivity (Wildman–Crippen MR) is 111 cm³/mol. The maximum Gasteiger partial charge on any atom is 0.255 e. The van der Waals surface area contributed by atoms with Crippen LogP contribution >= 0.6 is 0 Å². The van der Waals surface area contributed by atoms with Gasteiger partial charge in [-0.05, 0) is 55.0 Å². The van der Waals surface area contributed by atoms with E-state index in [-0.39, 0.29) is 12.5 Å². The zero-order valence-corrected chi connectivity index (χ0v) is 16.1. The number of hydrogen-bond donors (Lipinski definition) is 1. The number of carbonyl (C=O) groups is 2. The van der Waals surface area contributed by atoms with E-state index in [9.17, 15) is 9.59 Å². The lowest BCUT2D eigenvalue weighted by Crippen LogP contribution is -2.28. The zero-order valence-electron chi connectivity index (χ0n) is 16.1. The summed E-state index contributed by atoms with van der Waals surface area (Å²) in [7, 11) is 0. The van der Waals surface area contributed by atoms with Gasteiger partial charge in [0.2, 0.25) is 0 Å². The van der Waals surface area contributed by atoms with E-state index in [1.54, 1.807) is 47.6 Å². The summed E-state index contributed by atoms with van der Waals surface area (Å²) in [6, 6.07) is 18.4. The van der Waals surface area contributed by atoms with Gasteiger partial charge in [0.15, 0.2) is 6.61 Å². The summed E-state index contributed by atoms with van der Waals surface area (Å²) < 4.78 is 10.6. The number of amides is 2. The lowest BCUT2D eigenvalue weighted by molar-refractivity contribution is -0.120. The monoisotopic (exact) mass is 390 g/mol. The summed E-state index contributed by atoms with van der Waals surface area (Å²) in [5.41, 5.74) is 7.79. The molecule has 0 saturated heterocycles. The van der Waals surface area contributed by atoms with Crippen LogP contribution in [-0.4, -0.2) is 18.4 Å². The molecule has 148 valence electrons. The Balaban J connectivity index is 1.73. The van der Waals surface area contributed by atoms with E-state index in [1.807, 2.05) is 37.3 Å². The molecule has 0 atom stereocenters. The van der Waals surface area contributed by atoms with Gasteiger partial charge in [0.25, 0.3) is 11.8 Å². The number of rotatable bonds is 8. The van der Waals surface area contributed by atoms with Gasteiger partial charge in [-0.15, -0.1) is 0 Å². The molecule has 2 aromatic carbocycles. The molecule has 6 nitrogen and oxygen atoms in total. The van der Waals surface area contributed by atoms with Crippen LogP contribution in [0.2, 0.25) is 0 Å². The third-order valence-corrected chi connectivity index (χ3v) is 4.19. The van der Waals surface area contributed by atoms with Crippen LogP contribution in [-0.2, 0) is 16.1 Å². The van der Waals surface area contributed by atoms with Gasteiger partial charge in [0, 0.05) is 11.8 Å². The van der Waals surface area contributed by atoms with E-state index < -0.39 is 5.91 Å². The van der Waals surface area contributed by atoms with Crippen LogP contribution in [0.1, 0.15) is 16.9 Å². The fourth-order valence-corrected chi connectivity index (χ4v) is 2.67. The summed E-state index contributed by atoms with van der Waals surface area (Å²) in [6.45, 7) is 2.16. The van der Waals surface area contributed by atoms with Crippen molar-refractivity contribution in [3.05, 3.63) is 89.9 Å². The molecule has 1 heterocycles. The van der Waals surface area contributed by atoms with Gasteiger partial charge >= 0.3 is 0 Å². The fraction of sp³-hybridized carbons (Fsp3) is 0.130. The molecule has 0 saturated carbocycles. The molecular weight excluding hydrogens is 368 g/mol. The molecule has 3 rings (SSSR count). The summed E-state index contributed by atoms with van der Waals surface area (Å²) in [6.07, 6.45) is 4.83. The number of hydrogen-bond acceptors (Lipinski definition) is 4. The van der Waals surface area contributed by atoms with Crippen molar-refractivity contribution >= 4 is 23.6 Å². The Morgan fingerprint density at radius 2 is 1.79 bits per heavy atom. The average Bonchev–Trinajstić information content (AvgIpc) is 3.23. The number of benzene rings is 2. The first kappa shape index (κ1) is 19.9. The molecule has 0 aliphatic rings. The Labute approximate surface area is 169 Å². The Bertz CT molecular complexity index is 975. The second-order valence-electron chi connectivity index (χ2n) is 6.50. The Hall–Kier alpha value is -3.80. The molecule has 6 heteroatoms. The molecule has 0 aliphatic heterocycles. The SMILES string of the molecule is Cc1ccc(N(Cc2ccco2)C(=O)/C=C/c2ccc(OCC(N)=O)cc2)cc1. The van der Waals surface area contributed by atoms with Crippen molar-refractivity contribution in [3.8, 4) is 5.75 Å². The largest absolute Gasteiger partial charge is 0.484 e. The topological polar surface area (TPSA) is 85.8 Å². The molecule has 0 radical (unpaired) electrons. The van der Waals surface area contributed by atoms with Crippen molar-refractivity contribution < 1.29 is 18.7 Å². The highest BCUT2D eigenvalue weighted by Crippen LogP contribution is 2.20. The summed E-state index contributed by atoms with van der Waals surface area (Å²) in [5, 5.41) is 0. The Morgan fingerprint density at radius 1 is 1.07 bits per heavy atom. The first-order valence-corrected chi connectivity index (χ1v) is 9.11. The number of aryl methyl sites for hydroxylation is 1. The summed E-state index contributed by atoms with van der Waals surface area (Å²) in [4.78, 5) is 25.3. The Kier molecular flexibility index (Phi) is 6.47. The van der Waals surface area contributed by atoms with E-state index in [1.165, 1.54) is 6.08 Å². The van der Waals surface area contributed by atoms with E-state index >= 15 is 0 Å². The first-order valence-electron chi connectivity index (χ1n) is 9.11. The minimum Gasteiger partial charge on any atom is -0.484 e. The number of nitrogens with zero attached hydrogens (tertiary/aromatic N) is 1. The molecular formula is C23H22N2O4. The maximum atomic E-state index is 12.9. The van der Waals surface area contributed by atoms with Gasteiger partial charge < -0.3 is 19.8 Å². The maximum absolute atomic E-state index is 12.9. The van der Waals surface area contributed by atoms with Gasteiger partial charge in [-0.2, -0.15) is 0 Å². The summed E-state index contributed by atoms with van der Waals surface area (Å²) in [5.74, 6) is 0.529. The van der Waals surface area contributed by atoms with Crippen LogP contribution in [0.5, 0.6) is 5.75 Å². The number of primary amides is 1. The van der Waals surface area contributed by atoms with Gasteiger partial charge in [-0.25, -0.2) is 0 Å². The Morgan fingerprint density at radius 3 is 2.41 bits per heavy atom. The molecule has 0 bridgehead atoms. The van der Waals surface area contributed by atoms with Crippen LogP contribution in [0.15, 0.2) is 77.4 Å². The molecule has 3 aromatic rings. The number of ether oxygens (including phenoxy) is 1. The zero-order chi connectivity index (χ0) is 20.6. The number of furan rings is 1. The average molecular weight is 390 g/mol. The van der Waals surface area contributed by atoms with Crippen molar-refractivity contribution in [1.29, 1.82) is 0 Å². The number of carbonyl (C=O) groups excluding carboxylic acids is 2. The van der Waals surface area contributed by atoms with E-state index in [0.29, 0.717) is 18.1 Å². The fourth-order valence-electron chi connectivity index (χ4n) is 2.67. The standard InChI is InChI=1S/C23H22N2O4/c1-17-4-9-19(10-5-17)25(15-21-3-2-14-28-21)23(27)13-8-18-6-11-20(12-7-18)29-16-22(24)26/h2-14H,15-16H2,1H3,(H2,24,26)/b13-8+. The van der Waals surface area contributed by atoms with E-state index in [0.717, 1.165) is 16.8 Å². The van der Waals surface area contributed by atoms with Gasteiger partial charge in [-0.1, -0.05) is 29.8 Å². The highest BCUT2D eigenvalue weighted by atomic mass is 16.5. The molecule has 2 N–H and O–H groups in total. The van der Waals surface area contributed by atoms with Crippen molar-refractivity contribution in [2.24, 2.45) is 5.73 Å². The van der Waals surface area contributed by atoms with Gasteiger partial charge in [0.1, 0.15) is 11.5 Å². The van der Waals surface area contributed by atoms with Crippen molar-refractivity contribution in [1.82, 2.24) is 0 Å². The van der Waals surface area contributed by atoms with Crippen LogP contribution in [0.3, 0.4) is 0 Å². The molecule has 0 aliphatic carbocycles. The van der Waals surface area contributed by atoms with Crippen molar-refractivity contribution in [2.45, 2.75) is 13.5 Å². The van der Waals surface area contributed by atoms with Crippen LogP contribution in [0.25, 0.3) is 6.08 Å². The highest BCUT2D eigenvalue weighted by Gasteiger charge is 2.15. The third kappa shape index (κ3) is 5.84. The van der Waals surface area contributed by atoms with Crippen molar-refractivity contribution in [3.63, 3.8) is 0 Å². The number of anilines is 1. The minimum absolute atomic E-state index is 0.167. The molecule has 0 fully saturated rings. The molecule has 0 unspecified atom stereocenters. The van der Waals surface area contributed by atoms with Crippen LogP contribution in [0.4, 0.5) is 5.69 Å². The lowest BCUT2D eigenvalue weighted by atomic mass is 10.2. The van der Waals surface area contributed by atoms with Crippen LogP contribution in [0, 0.1) is 6.92 Å². The highest BCUT2D eigenvalue weighted by molar-refractivity contribution is 6.03. The predicted octanol–water partition coefficient (Wildman–Crippen LogP) is 3.70. The second kappa shape index (κ2) is 9.41. The lowest BCUT2D eigenvalue weighted by Gasteiger charge is -2.20. The second-order valence-corrected chi connectivity index (χ2v) is 6.50. The third-order valence-electron chi connectivity index (χ3n) is 4.19. The van der Waals surface area contributed by atoms with Crippen LogP contribution < -0.4 is 15.4 Å². The van der Waals surface area contributed by atoms with Crippen molar-refractivity contribution in [2.75, 3.05) is 11.5 Å². The van der Waals surface area contributed by atoms with E-state index in [4.69, 9.17) is 14.9 Å². The quantitative estimate of drug-likeness (QED) is 0.594. The smallest absolute Gasteiger partial charge is 0.255 e.